The van der Waals surface area contributed by atoms with Crippen LogP contribution in [0.3, 0.4) is 0 Å². The van der Waals surface area contributed by atoms with Crippen LogP contribution in [0.2, 0.25) is 0 Å². The maximum Gasteiger partial charge on any atom is 0.0315 e. The number of hydrogen-bond acceptors (Lipinski definition) is 1. The minimum atomic E-state index is 0.452. The first-order valence-corrected chi connectivity index (χ1v) is 6.40. The highest BCUT2D eigenvalue weighted by Gasteiger charge is 2.06. The molecule has 0 spiro atoms. The third-order valence-corrected chi connectivity index (χ3v) is 3.48. The van der Waals surface area contributed by atoms with Gasteiger partial charge in [-0.1, -0.05) is 41.1 Å². The summed E-state index contributed by atoms with van der Waals surface area (Å²) in [4.78, 5) is 0. The highest BCUT2D eigenvalue weighted by molar-refractivity contribution is 9.10. The van der Waals surface area contributed by atoms with Crippen molar-refractivity contribution in [3.63, 3.8) is 0 Å². The highest BCUT2D eigenvalue weighted by atomic mass is 79.9. The van der Waals surface area contributed by atoms with Crippen LogP contribution in [0.15, 0.2) is 40.9 Å². The van der Waals surface area contributed by atoms with Crippen molar-refractivity contribution in [2.75, 3.05) is 7.05 Å². The Labute approximate surface area is 105 Å². The topological polar surface area (TPSA) is 12.0 Å². The van der Waals surface area contributed by atoms with Gasteiger partial charge >= 0.3 is 0 Å². The molecule has 1 nitrogen and oxygen atoms in total. The van der Waals surface area contributed by atoms with E-state index in [1.165, 1.54) is 16.3 Å². The molecular weight excluding hydrogens is 262 g/mol. The Morgan fingerprint density at radius 3 is 2.50 bits per heavy atom. The van der Waals surface area contributed by atoms with Gasteiger partial charge < -0.3 is 5.32 Å². The summed E-state index contributed by atoms with van der Waals surface area (Å²) in [7, 11) is 2.01. The average Bonchev–Trinajstić information content (AvgIpc) is 2.31. The molecule has 0 heterocycles. The van der Waals surface area contributed by atoms with E-state index in [1.807, 2.05) is 7.05 Å². The third kappa shape index (κ3) is 2.28. The lowest BCUT2D eigenvalue weighted by Gasteiger charge is -2.14. The molecule has 0 aromatic heterocycles. The summed E-state index contributed by atoms with van der Waals surface area (Å²) in [5.41, 5.74) is 1.36. The quantitative estimate of drug-likeness (QED) is 0.884. The summed E-state index contributed by atoms with van der Waals surface area (Å²) in [6.45, 7) is 2.20. The van der Waals surface area contributed by atoms with Crippen molar-refractivity contribution < 1.29 is 0 Å². The second-order valence-corrected chi connectivity index (χ2v) is 4.92. The molecule has 0 aliphatic heterocycles. The molecule has 0 aliphatic carbocycles. The van der Waals surface area contributed by atoms with Crippen LogP contribution in [-0.2, 0) is 0 Å². The van der Waals surface area contributed by atoms with E-state index in [0.29, 0.717) is 6.04 Å². The van der Waals surface area contributed by atoms with Gasteiger partial charge in [-0.2, -0.15) is 0 Å². The fraction of sp³-hybridized carbons (Fsp3) is 0.286. The van der Waals surface area contributed by atoms with Gasteiger partial charge in [-0.3, -0.25) is 0 Å². The third-order valence-electron chi connectivity index (χ3n) is 2.99. The molecule has 84 valence electrons. The minimum absolute atomic E-state index is 0.452. The molecule has 0 aliphatic rings. The number of nitrogens with one attached hydrogen (secondary N) is 1. The second kappa shape index (κ2) is 4.98. The summed E-state index contributed by atoms with van der Waals surface area (Å²) in [6.07, 6.45) is 1.11. The van der Waals surface area contributed by atoms with Crippen molar-refractivity contribution >= 4 is 26.7 Å². The first kappa shape index (κ1) is 11.6. The Balaban J connectivity index is 2.47. The number of fused-ring (bicyclic) bond motifs is 1. The van der Waals surface area contributed by atoms with E-state index in [-0.39, 0.29) is 0 Å². The number of hydrogen-bond donors (Lipinski definition) is 1. The van der Waals surface area contributed by atoms with Gasteiger partial charge in [-0.25, -0.2) is 0 Å². The normalized spacial score (nSPS) is 12.9. The predicted octanol–water partition coefficient (Wildman–Crippen LogP) is 4.27. The Morgan fingerprint density at radius 2 is 1.81 bits per heavy atom. The summed E-state index contributed by atoms with van der Waals surface area (Å²) in [5, 5.41) is 5.92. The molecular formula is C14H16BrN. The summed E-state index contributed by atoms with van der Waals surface area (Å²) in [6, 6.07) is 13.5. The summed E-state index contributed by atoms with van der Waals surface area (Å²) >= 11 is 3.49. The number of halogens is 1. The summed E-state index contributed by atoms with van der Waals surface area (Å²) < 4.78 is 1.13. The van der Waals surface area contributed by atoms with Gasteiger partial charge in [0.25, 0.3) is 0 Å². The van der Waals surface area contributed by atoms with Gasteiger partial charge in [-0.15, -0.1) is 0 Å². The lowest BCUT2D eigenvalue weighted by molar-refractivity contribution is 0.577. The Hall–Kier alpha value is -0.860. The van der Waals surface area contributed by atoms with E-state index < -0.39 is 0 Å². The van der Waals surface area contributed by atoms with Crippen LogP contribution in [-0.4, -0.2) is 7.05 Å². The number of benzene rings is 2. The van der Waals surface area contributed by atoms with Crippen LogP contribution in [0.4, 0.5) is 0 Å². The maximum atomic E-state index is 3.49. The van der Waals surface area contributed by atoms with E-state index in [1.54, 1.807) is 0 Å². The van der Waals surface area contributed by atoms with Crippen LogP contribution >= 0.6 is 15.9 Å². The van der Waals surface area contributed by atoms with Crippen molar-refractivity contribution in [3.05, 3.63) is 46.4 Å². The van der Waals surface area contributed by atoms with Gasteiger partial charge in [0.15, 0.2) is 0 Å². The van der Waals surface area contributed by atoms with Crippen molar-refractivity contribution in [3.8, 4) is 0 Å². The predicted molar refractivity (Wildman–Crippen MR) is 73.7 cm³/mol. The zero-order valence-electron chi connectivity index (χ0n) is 9.63. The molecule has 16 heavy (non-hydrogen) atoms. The van der Waals surface area contributed by atoms with Crippen LogP contribution < -0.4 is 5.32 Å². The molecule has 1 unspecified atom stereocenters. The number of rotatable bonds is 3. The molecule has 0 radical (unpaired) electrons. The largest absolute Gasteiger partial charge is 0.313 e. The molecule has 2 aromatic rings. The Kier molecular flexibility index (Phi) is 3.62. The van der Waals surface area contributed by atoms with Crippen molar-refractivity contribution in [2.45, 2.75) is 19.4 Å². The molecule has 0 saturated heterocycles. The van der Waals surface area contributed by atoms with Crippen LogP contribution in [0.1, 0.15) is 24.9 Å². The molecule has 2 aromatic carbocycles. The lowest BCUT2D eigenvalue weighted by Crippen LogP contribution is -2.14. The van der Waals surface area contributed by atoms with Gasteiger partial charge in [0.1, 0.15) is 0 Å². The molecule has 0 fully saturated rings. The smallest absolute Gasteiger partial charge is 0.0315 e. The zero-order valence-corrected chi connectivity index (χ0v) is 11.2. The van der Waals surface area contributed by atoms with Crippen molar-refractivity contribution in [1.29, 1.82) is 0 Å². The first-order chi connectivity index (χ1) is 7.74. The van der Waals surface area contributed by atoms with E-state index in [9.17, 15) is 0 Å². The molecule has 0 bridgehead atoms. The summed E-state index contributed by atoms with van der Waals surface area (Å²) in [5.74, 6) is 0. The molecule has 0 amide bonds. The van der Waals surface area contributed by atoms with Gasteiger partial charge in [0, 0.05) is 10.5 Å². The van der Waals surface area contributed by atoms with E-state index >= 15 is 0 Å². The van der Waals surface area contributed by atoms with Gasteiger partial charge in [0.05, 0.1) is 0 Å². The monoisotopic (exact) mass is 277 g/mol. The zero-order chi connectivity index (χ0) is 11.5. The molecule has 1 atom stereocenters. The van der Waals surface area contributed by atoms with E-state index in [2.05, 4.69) is 64.6 Å². The standard InChI is InChI=1S/C14H16BrN/c1-3-14(16-2)12-5-4-11-9-13(15)7-6-10(11)8-12/h4-9,14,16H,3H2,1-2H3. The van der Waals surface area contributed by atoms with E-state index in [4.69, 9.17) is 0 Å². The van der Waals surface area contributed by atoms with Crippen LogP contribution in [0.5, 0.6) is 0 Å². The Bertz CT molecular complexity index is 489. The Morgan fingerprint density at radius 1 is 1.12 bits per heavy atom. The van der Waals surface area contributed by atoms with Crippen LogP contribution in [0, 0.1) is 0 Å². The second-order valence-electron chi connectivity index (χ2n) is 4.00. The SMILES string of the molecule is CCC(NC)c1ccc2cc(Br)ccc2c1. The molecule has 0 saturated carbocycles. The first-order valence-electron chi connectivity index (χ1n) is 5.61. The fourth-order valence-electron chi connectivity index (χ4n) is 2.06. The van der Waals surface area contributed by atoms with Crippen molar-refractivity contribution in [1.82, 2.24) is 5.32 Å². The van der Waals surface area contributed by atoms with Crippen LogP contribution in [0.25, 0.3) is 10.8 Å². The maximum absolute atomic E-state index is 3.49. The highest BCUT2D eigenvalue weighted by Crippen LogP contribution is 2.24. The van der Waals surface area contributed by atoms with E-state index in [0.717, 1.165) is 10.9 Å². The molecule has 1 N–H and O–H groups in total. The van der Waals surface area contributed by atoms with Crippen molar-refractivity contribution in [2.24, 2.45) is 0 Å². The molecule has 2 heteroatoms. The van der Waals surface area contributed by atoms with Gasteiger partial charge in [0.2, 0.25) is 0 Å². The van der Waals surface area contributed by atoms with Gasteiger partial charge in [-0.05, 0) is 48.0 Å². The minimum Gasteiger partial charge on any atom is -0.313 e. The average molecular weight is 278 g/mol. The lowest BCUT2D eigenvalue weighted by atomic mass is 10.0. The fourth-order valence-corrected chi connectivity index (χ4v) is 2.44. The molecule has 2 rings (SSSR count).